The summed E-state index contributed by atoms with van der Waals surface area (Å²) in [5, 5.41) is 0. The third-order valence-electron chi connectivity index (χ3n) is 2.47. The Hall–Kier alpha value is 0.235. The van der Waals surface area contributed by atoms with Gasteiger partial charge in [-0.3, -0.25) is 4.79 Å². The van der Waals surface area contributed by atoms with E-state index in [4.69, 9.17) is 0 Å². The number of hydrogen-bond donors (Lipinski definition) is 0. The van der Waals surface area contributed by atoms with Gasteiger partial charge in [0, 0.05) is 0 Å². The Morgan fingerprint density at radius 2 is 1.32 bits per heavy atom. The second-order valence-electron chi connectivity index (χ2n) is 4.73. The van der Waals surface area contributed by atoms with Crippen LogP contribution in [-0.2, 0) is 0 Å². The maximum absolute atomic E-state index is 10.1. The van der Waals surface area contributed by atoms with Gasteiger partial charge < -0.3 is 11.9 Å². The molecule has 0 saturated heterocycles. The van der Waals surface area contributed by atoms with E-state index in [1.807, 2.05) is 30.3 Å². The van der Waals surface area contributed by atoms with Crippen molar-refractivity contribution >= 4 is 70.0 Å². The van der Waals surface area contributed by atoms with Gasteiger partial charge in [0.05, 0.1) is 0 Å². The van der Waals surface area contributed by atoms with Crippen LogP contribution in [-0.4, -0.2) is 21.2 Å². The van der Waals surface area contributed by atoms with Gasteiger partial charge in [-0.1, -0.05) is 39.1 Å². The first-order valence-electron chi connectivity index (χ1n) is 8.06. The van der Waals surface area contributed by atoms with Gasteiger partial charge in [-0.2, -0.15) is 18.6 Å². The average Bonchev–Trinajstić information content (AvgIpc) is 2.69. The number of carbonyl (C=O) groups excluding carboxylic acids is 1. The Balaban J connectivity index is -0.000000157. The van der Waals surface area contributed by atoms with Crippen molar-refractivity contribution in [2.75, 3.05) is 0 Å². The summed E-state index contributed by atoms with van der Waals surface area (Å²) < 4.78 is 3.22. The van der Waals surface area contributed by atoms with Crippen molar-refractivity contribution in [1.82, 2.24) is 15.0 Å². The molecule has 0 spiro atoms. The minimum absolute atomic E-state index is 0. The molecular weight excluding hydrogens is 644 g/mol. The second-order valence-corrected chi connectivity index (χ2v) is 7.98. The summed E-state index contributed by atoms with van der Waals surface area (Å²) in [6.07, 6.45) is 5.65. The number of rotatable bonds is 2. The molecular formula is C21H23Br4Li2N3O. The third kappa shape index (κ3) is 24.7. The fraction of sp³-hybridized carbons (Fsp3) is 0.190. The number of unbranched alkanes of at least 4 members (excludes halogenated alkanes) is 1. The summed E-state index contributed by atoms with van der Waals surface area (Å²) in [6.45, 7) is 5.72. The molecule has 0 aliphatic rings. The monoisotopic (exact) mass is 663 g/mol. The fourth-order valence-electron chi connectivity index (χ4n) is 1.18. The minimum atomic E-state index is 0. The molecule has 3 rings (SSSR count). The molecule has 0 unspecified atom stereocenters. The van der Waals surface area contributed by atoms with Crippen molar-refractivity contribution in [3.05, 3.63) is 91.8 Å². The van der Waals surface area contributed by atoms with Gasteiger partial charge in [-0.25, -0.2) is 9.97 Å². The third-order valence-corrected chi connectivity index (χ3v) is 4.23. The number of pyridine rings is 3. The average molecular weight is 667 g/mol. The Kier molecular flexibility index (Phi) is 32.9. The van der Waals surface area contributed by atoms with Crippen molar-refractivity contribution in [1.29, 1.82) is 0 Å². The number of hydrogen-bond acceptors (Lipinski definition) is 4. The molecule has 31 heavy (non-hydrogen) atoms. The molecule has 10 heteroatoms. The number of aldehydes is 1. The maximum atomic E-state index is 10.1. The van der Waals surface area contributed by atoms with Crippen molar-refractivity contribution < 1.29 is 42.5 Å². The summed E-state index contributed by atoms with van der Waals surface area (Å²) in [6, 6.07) is 16.3. The molecule has 3 aromatic rings. The van der Waals surface area contributed by atoms with E-state index in [0.717, 1.165) is 20.2 Å². The van der Waals surface area contributed by atoms with Gasteiger partial charge in [-0.05, 0) is 76.7 Å². The summed E-state index contributed by atoms with van der Waals surface area (Å²) in [7, 11) is 0. The molecule has 158 valence electrons. The van der Waals surface area contributed by atoms with Crippen LogP contribution in [0.25, 0.3) is 0 Å². The van der Waals surface area contributed by atoms with E-state index >= 15 is 0 Å². The first-order valence-corrected chi connectivity index (χ1v) is 11.2. The Morgan fingerprint density at radius 3 is 1.55 bits per heavy atom. The summed E-state index contributed by atoms with van der Waals surface area (Å²) >= 11 is 12.7. The normalized spacial score (nSPS) is 7.94. The van der Waals surface area contributed by atoms with Gasteiger partial charge in [0.2, 0.25) is 0 Å². The van der Waals surface area contributed by atoms with Crippen LogP contribution in [0.3, 0.4) is 0 Å². The smallest absolute Gasteiger partial charge is 0.380 e. The van der Waals surface area contributed by atoms with E-state index in [9.17, 15) is 4.79 Å². The molecule has 0 N–H and O–H groups in total. The Labute approximate surface area is 244 Å². The summed E-state index contributed by atoms with van der Waals surface area (Å²) in [5.74, 6) is 0. The molecule has 0 aliphatic carbocycles. The molecule has 4 nitrogen and oxygen atoms in total. The molecule has 0 fully saturated rings. The van der Waals surface area contributed by atoms with Gasteiger partial charge >= 0.3 is 37.7 Å². The van der Waals surface area contributed by atoms with Crippen LogP contribution < -0.4 is 37.7 Å². The number of carbonyl (C=O) groups is 1. The molecule has 0 aromatic carbocycles. The van der Waals surface area contributed by atoms with Crippen molar-refractivity contribution in [2.24, 2.45) is 0 Å². The van der Waals surface area contributed by atoms with E-state index in [2.05, 4.69) is 98.7 Å². The molecule has 0 aliphatic heterocycles. The maximum Gasteiger partial charge on any atom is 1.00 e. The van der Waals surface area contributed by atoms with E-state index in [1.54, 1.807) is 24.3 Å². The van der Waals surface area contributed by atoms with Crippen LogP contribution in [0.1, 0.15) is 37.7 Å². The molecule has 0 bridgehead atoms. The summed E-state index contributed by atoms with van der Waals surface area (Å²) in [5.41, 5.74) is 0.448. The quantitative estimate of drug-likeness (QED) is 0.182. The van der Waals surface area contributed by atoms with Crippen LogP contribution in [0.4, 0.5) is 0 Å². The van der Waals surface area contributed by atoms with Gasteiger partial charge in [-0.15, -0.1) is 22.0 Å². The Morgan fingerprint density at radius 1 is 0.871 bits per heavy atom. The molecule has 0 radical (unpaired) electrons. The first kappa shape index (κ1) is 38.5. The molecule has 0 amide bonds. The SMILES string of the molecule is Brc1ccc[c-]n1.Brc1cccc(Br)n1.C.O=Cc1cccc(Br)n1.[CH2-]CCC.[Li+].[Li+]. The van der Waals surface area contributed by atoms with E-state index in [-0.39, 0.29) is 45.1 Å². The van der Waals surface area contributed by atoms with Crippen LogP contribution >= 0.6 is 63.7 Å². The zero-order valence-corrected chi connectivity index (χ0v) is 23.5. The molecule has 3 aromatic heterocycles. The molecule has 0 atom stereocenters. The predicted octanol–water partition coefficient (Wildman–Crippen LogP) is 2.17. The van der Waals surface area contributed by atoms with Crippen LogP contribution in [0.2, 0.25) is 0 Å². The van der Waals surface area contributed by atoms with Crippen LogP contribution in [0.15, 0.2) is 73.0 Å². The topological polar surface area (TPSA) is 55.7 Å². The van der Waals surface area contributed by atoms with Gasteiger partial charge in [0.1, 0.15) is 19.5 Å². The van der Waals surface area contributed by atoms with E-state index in [1.165, 1.54) is 6.42 Å². The largest absolute Gasteiger partial charge is 1.00 e. The van der Waals surface area contributed by atoms with Crippen LogP contribution in [0, 0.1) is 13.1 Å². The number of aromatic nitrogens is 3. The predicted molar refractivity (Wildman–Crippen MR) is 135 cm³/mol. The Bertz CT molecular complexity index is 781. The van der Waals surface area contributed by atoms with E-state index in [0.29, 0.717) is 16.6 Å². The van der Waals surface area contributed by atoms with Crippen molar-refractivity contribution in [3.8, 4) is 0 Å². The van der Waals surface area contributed by atoms with Crippen LogP contribution in [0.5, 0.6) is 0 Å². The minimum Gasteiger partial charge on any atom is -0.380 e. The second kappa shape index (κ2) is 26.5. The zero-order chi connectivity index (χ0) is 21.2. The first-order chi connectivity index (χ1) is 13.4. The zero-order valence-electron chi connectivity index (χ0n) is 17.2. The number of halogens is 4. The van der Waals surface area contributed by atoms with Gasteiger partial charge in [0.25, 0.3) is 0 Å². The van der Waals surface area contributed by atoms with Crippen molar-refractivity contribution in [3.63, 3.8) is 0 Å². The number of nitrogens with zero attached hydrogens (tertiary/aromatic N) is 3. The van der Waals surface area contributed by atoms with E-state index < -0.39 is 0 Å². The standard InChI is InChI=1S/C6H4BrNO.C5H3Br2N.C5H3BrN.C4H9.CH4.2Li/c7-6-3-1-2-5(4-9)8-6;6-4-2-1-3-5(7)8-4;6-5-3-1-2-4-7-5;1-3-4-2;;;/h1-4H;1-3H;1-3H;1,3-4H2,2H3;1H4;;/q;;2*-1;;2*+1. The summed E-state index contributed by atoms with van der Waals surface area (Å²) in [4.78, 5) is 21.7. The van der Waals surface area contributed by atoms with Gasteiger partial charge in [0.15, 0.2) is 6.29 Å². The van der Waals surface area contributed by atoms with Crippen molar-refractivity contribution in [2.45, 2.75) is 27.2 Å². The molecule has 3 heterocycles. The fourth-order valence-corrected chi connectivity index (χ4v) is 2.72. The molecule has 0 saturated carbocycles.